The molecule has 0 saturated heterocycles. The van der Waals surface area contributed by atoms with E-state index in [0.29, 0.717) is 5.92 Å². The van der Waals surface area contributed by atoms with Crippen LogP contribution in [0.25, 0.3) is 0 Å². The fourth-order valence-corrected chi connectivity index (χ4v) is 1.65. The molecule has 4 heteroatoms. The molecule has 0 aliphatic heterocycles. The van der Waals surface area contributed by atoms with Gasteiger partial charge in [0.05, 0.1) is 0 Å². The summed E-state index contributed by atoms with van der Waals surface area (Å²) in [4.78, 5) is 10.4. The molecular formula is C8H16N2O2. The summed E-state index contributed by atoms with van der Waals surface area (Å²) in [5.74, 6) is 0.609. The van der Waals surface area contributed by atoms with Gasteiger partial charge in [-0.3, -0.25) is 0 Å². The first kappa shape index (κ1) is 9.32. The molecule has 0 atom stereocenters. The quantitative estimate of drug-likeness (QED) is 0.640. The number of nitrogens with two attached hydrogens (primary N) is 2. The largest absolute Gasteiger partial charge is 0.446 e. The monoisotopic (exact) mass is 172 g/mol. The molecule has 12 heavy (non-hydrogen) atoms. The van der Waals surface area contributed by atoms with E-state index in [2.05, 4.69) is 0 Å². The Morgan fingerprint density at radius 3 is 2.33 bits per heavy atom. The molecule has 4 N–H and O–H groups in total. The van der Waals surface area contributed by atoms with E-state index >= 15 is 0 Å². The van der Waals surface area contributed by atoms with Crippen LogP contribution in [-0.2, 0) is 4.74 Å². The molecule has 0 aromatic heterocycles. The van der Waals surface area contributed by atoms with Crippen LogP contribution in [0.5, 0.6) is 0 Å². The van der Waals surface area contributed by atoms with Crippen molar-refractivity contribution in [3.63, 3.8) is 0 Å². The number of amides is 1. The smallest absolute Gasteiger partial charge is 0.404 e. The summed E-state index contributed by atoms with van der Waals surface area (Å²) in [7, 11) is 0. The van der Waals surface area contributed by atoms with Crippen LogP contribution < -0.4 is 11.5 Å². The average Bonchev–Trinajstić information content (AvgIpc) is 2.05. The standard InChI is InChI=1S/C8H16N2O2/c9-5-6-1-3-7(4-2-6)12-8(10)11/h6-7H,1-5,9H2,(H2,10,11)/t6-,7+. The second-order valence-corrected chi connectivity index (χ2v) is 3.32. The van der Waals surface area contributed by atoms with E-state index in [4.69, 9.17) is 16.2 Å². The van der Waals surface area contributed by atoms with Gasteiger partial charge in [-0.2, -0.15) is 0 Å². The zero-order valence-electron chi connectivity index (χ0n) is 7.16. The lowest BCUT2D eigenvalue weighted by Gasteiger charge is -2.26. The summed E-state index contributed by atoms with van der Waals surface area (Å²) in [6.07, 6.45) is 3.29. The molecule has 1 aliphatic rings. The maximum Gasteiger partial charge on any atom is 0.404 e. The maximum absolute atomic E-state index is 10.4. The maximum atomic E-state index is 10.4. The highest BCUT2D eigenvalue weighted by atomic mass is 16.6. The van der Waals surface area contributed by atoms with Gasteiger partial charge >= 0.3 is 6.09 Å². The lowest BCUT2D eigenvalue weighted by Crippen LogP contribution is -2.29. The summed E-state index contributed by atoms with van der Waals surface area (Å²) in [5, 5.41) is 0. The molecule has 0 aromatic rings. The van der Waals surface area contributed by atoms with Gasteiger partial charge in [-0.15, -0.1) is 0 Å². The van der Waals surface area contributed by atoms with E-state index in [1.54, 1.807) is 0 Å². The minimum absolute atomic E-state index is 0.0327. The molecular weight excluding hydrogens is 156 g/mol. The van der Waals surface area contributed by atoms with Gasteiger partial charge in [0.25, 0.3) is 0 Å². The molecule has 1 aliphatic carbocycles. The number of hydrogen-bond acceptors (Lipinski definition) is 3. The molecule has 1 saturated carbocycles. The van der Waals surface area contributed by atoms with Crippen LogP contribution >= 0.6 is 0 Å². The molecule has 1 rings (SSSR count). The number of carbonyl (C=O) groups excluding carboxylic acids is 1. The summed E-state index contributed by atoms with van der Waals surface area (Å²) in [5.41, 5.74) is 10.4. The molecule has 0 bridgehead atoms. The number of carbonyl (C=O) groups is 1. The zero-order chi connectivity index (χ0) is 8.97. The van der Waals surface area contributed by atoms with Gasteiger partial charge in [0.1, 0.15) is 6.10 Å². The number of rotatable bonds is 2. The van der Waals surface area contributed by atoms with Gasteiger partial charge in [0, 0.05) is 0 Å². The Hall–Kier alpha value is -0.770. The Kier molecular flexibility index (Phi) is 3.34. The van der Waals surface area contributed by atoms with Crippen molar-refractivity contribution < 1.29 is 9.53 Å². The molecule has 1 amide bonds. The minimum Gasteiger partial charge on any atom is -0.446 e. The van der Waals surface area contributed by atoms with Crippen molar-refractivity contribution in [3.8, 4) is 0 Å². The van der Waals surface area contributed by atoms with E-state index in [1.165, 1.54) is 0 Å². The first-order valence-electron chi connectivity index (χ1n) is 4.38. The van der Waals surface area contributed by atoms with E-state index in [1.807, 2.05) is 0 Å². The third-order valence-electron chi connectivity index (χ3n) is 2.41. The van der Waals surface area contributed by atoms with Gasteiger partial charge in [0.15, 0.2) is 0 Å². The highest BCUT2D eigenvalue weighted by molar-refractivity contribution is 5.64. The predicted octanol–water partition coefficient (Wildman–Crippen LogP) is 0.599. The Balaban J connectivity index is 2.21. The Morgan fingerprint density at radius 1 is 1.33 bits per heavy atom. The summed E-state index contributed by atoms with van der Waals surface area (Å²) in [6.45, 7) is 0.739. The summed E-state index contributed by atoms with van der Waals surface area (Å²) < 4.78 is 4.88. The van der Waals surface area contributed by atoms with Gasteiger partial charge < -0.3 is 16.2 Å². The Morgan fingerprint density at radius 2 is 1.92 bits per heavy atom. The number of hydrogen-bond donors (Lipinski definition) is 2. The molecule has 0 radical (unpaired) electrons. The lowest BCUT2D eigenvalue weighted by atomic mass is 9.87. The SMILES string of the molecule is NC[C@H]1CC[C@@H](OC(N)=O)CC1. The van der Waals surface area contributed by atoms with Crippen LogP contribution in [0.15, 0.2) is 0 Å². The van der Waals surface area contributed by atoms with Crippen molar-refractivity contribution in [2.45, 2.75) is 31.8 Å². The molecule has 0 unspecified atom stereocenters. The van der Waals surface area contributed by atoms with Crippen LogP contribution in [-0.4, -0.2) is 18.7 Å². The van der Waals surface area contributed by atoms with Crippen LogP contribution in [0, 0.1) is 5.92 Å². The molecule has 0 heterocycles. The Bertz CT molecular complexity index is 153. The first-order valence-corrected chi connectivity index (χ1v) is 4.38. The fourth-order valence-electron chi connectivity index (χ4n) is 1.65. The van der Waals surface area contributed by atoms with Gasteiger partial charge in [-0.05, 0) is 38.1 Å². The highest BCUT2D eigenvalue weighted by Gasteiger charge is 2.21. The van der Waals surface area contributed by atoms with Crippen LogP contribution in [0.2, 0.25) is 0 Å². The van der Waals surface area contributed by atoms with Crippen LogP contribution in [0.3, 0.4) is 0 Å². The minimum atomic E-state index is -0.661. The summed E-state index contributed by atoms with van der Waals surface area (Å²) >= 11 is 0. The van der Waals surface area contributed by atoms with Gasteiger partial charge in [0.2, 0.25) is 0 Å². The van der Waals surface area contributed by atoms with Crippen molar-refractivity contribution in [1.82, 2.24) is 0 Å². The van der Waals surface area contributed by atoms with Crippen molar-refractivity contribution >= 4 is 6.09 Å². The first-order chi connectivity index (χ1) is 5.72. The third kappa shape index (κ3) is 2.70. The van der Waals surface area contributed by atoms with Crippen molar-refractivity contribution in [3.05, 3.63) is 0 Å². The van der Waals surface area contributed by atoms with E-state index in [9.17, 15) is 4.79 Å². The summed E-state index contributed by atoms with van der Waals surface area (Å²) in [6, 6.07) is 0. The van der Waals surface area contributed by atoms with Gasteiger partial charge in [-0.25, -0.2) is 4.79 Å². The molecule has 4 nitrogen and oxygen atoms in total. The van der Waals surface area contributed by atoms with Crippen molar-refractivity contribution in [2.75, 3.05) is 6.54 Å². The van der Waals surface area contributed by atoms with Crippen molar-refractivity contribution in [2.24, 2.45) is 17.4 Å². The zero-order valence-corrected chi connectivity index (χ0v) is 7.16. The second kappa shape index (κ2) is 4.30. The van der Waals surface area contributed by atoms with Gasteiger partial charge in [-0.1, -0.05) is 0 Å². The predicted molar refractivity (Wildman–Crippen MR) is 45.5 cm³/mol. The van der Waals surface area contributed by atoms with Crippen molar-refractivity contribution in [1.29, 1.82) is 0 Å². The van der Waals surface area contributed by atoms with E-state index < -0.39 is 6.09 Å². The average molecular weight is 172 g/mol. The lowest BCUT2D eigenvalue weighted by molar-refractivity contribution is 0.0721. The molecule has 70 valence electrons. The normalized spacial score (nSPS) is 29.8. The highest BCUT2D eigenvalue weighted by Crippen LogP contribution is 2.25. The molecule has 1 fully saturated rings. The van der Waals surface area contributed by atoms with E-state index in [0.717, 1.165) is 32.2 Å². The molecule has 0 spiro atoms. The molecule has 0 aromatic carbocycles. The Labute approximate surface area is 72.2 Å². The fraction of sp³-hybridized carbons (Fsp3) is 0.875. The van der Waals surface area contributed by atoms with Crippen LogP contribution in [0.4, 0.5) is 4.79 Å². The topological polar surface area (TPSA) is 78.3 Å². The third-order valence-corrected chi connectivity index (χ3v) is 2.41. The van der Waals surface area contributed by atoms with E-state index in [-0.39, 0.29) is 6.10 Å². The number of primary amides is 1. The number of ether oxygens (including phenoxy) is 1. The second-order valence-electron chi connectivity index (χ2n) is 3.32. The van der Waals surface area contributed by atoms with Crippen LogP contribution in [0.1, 0.15) is 25.7 Å².